The highest BCUT2D eigenvalue weighted by atomic mass is 35.5. The van der Waals surface area contributed by atoms with E-state index in [1.807, 2.05) is 6.07 Å². The Hall–Kier alpha value is -0.810. The van der Waals surface area contributed by atoms with Gasteiger partial charge < -0.3 is 14.8 Å². The predicted octanol–water partition coefficient (Wildman–Crippen LogP) is 3.27. The maximum Gasteiger partial charge on any atom is 0.123 e. The van der Waals surface area contributed by atoms with Crippen LogP contribution in [0, 0.1) is 5.92 Å². The maximum absolute atomic E-state index is 5.84. The fourth-order valence-electron chi connectivity index (χ4n) is 3.95. The van der Waals surface area contributed by atoms with E-state index in [1.165, 1.54) is 24.9 Å². The third kappa shape index (κ3) is 4.63. The van der Waals surface area contributed by atoms with Crippen molar-refractivity contribution in [3.05, 3.63) is 29.8 Å². The Bertz CT molecular complexity index is 500. The van der Waals surface area contributed by atoms with Crippen LogP contribution in [-0.2, 0) is 4.74 Å². The summed E-state index contributed by atoms with van der Waals surface area (Å²) in [6, 6.07) is 8.86. The predicted molar refractivity (Wildman–Crippen MR) is 100 cm³/mol. The van der Waals surface area contributed by atoms with Crippen LogP contribution in [0.25, 0.3) is 0 Å². The second kappa shape index (κ2) is 9.62. The van der Waals surface area contributed by atoms with Crippen molar-refractivity contribution in [1.82, 2.24) is 10.2 Å². The molecule has 1 aromatic rings. The van der Waals surface area contributed by atoms with E-state index in [0.717, 1.165) is 44.3 Å². The lowest BCUT2D eigenvalue weighted by Gasteiger charge is -2.40. The summed E-state index contributed by atoms with van der Waals surface area (Å²) in [6.07, 6.45) is 3.99. The molecule has 0 spiro atoms. The Balaban J connectivity index is 0.00000208. The minimum Gasteiger partial charge on any atom is -0.496 e. The number of nitrogens with zero attached hydrogens (tertiary/aromatic N) is 1. The van der Waals surface area contributed by atoms with Gasteiger partial charge in [-0.05, 0) is 31.2 Å². The average Bonchev–Trinajstić information content (AvgIpc) is 2.62. The Kier molecular flexibility index (Phi) is 7.82. The molecular weight excluding hydrogens is 324 g/mol. The molecular formula is C19H31ClN2O2. The second-order valence-corrected chi connectivity index (χ2v) is 6.75. The van der Waals surface area contributed by atoms with Crippen molar-refractivity contribution < 1.29 is 9.47 Å². The molecule has 3 atom stereocenters. The first-order valence-corrected chi connectivity index (χ1v) is 9.01. The first-order chi connectivity index (χ1) is 11.3. The number of rotatable bonds is 5. The molecule has 2 aliphatic rings. The Morgan fingerprint density at radius 3 is 2.96 bits per heavy atom. The number of hydrogen-bond donors (Lipinski definition) is 1. The summed E-state index contributed by atoms with van der Waals surface area (Å²) in [6.45, 7) is 7.51. The van der Waals surface area contributed by atoms with E-state index in [4.69, 9.17) is 9.47 Å². The lowest BCUT2D eigenvalue weighted by Crippen LogP contribution is -2.48. The van der Waals surface area contributed by atoms with Crippen LogP contribution in [0.1, 0.15) is 37.8 Å². The van der Waals surface area contributed by atoms with Crippen LogP contribution in [0.15, 0.2) is 24.3 Å². The molecule has 0 aliphatic carbocycles. The zero-order valence-electron chi connectivity index (χ0n) is 14.9. The van der Waals surface area contributed by atoms with Gasteiger partial charge >= 0.3 is 0 Å². The molecule has 0 saturated carbocycles. The van der Waals surface area contributed by atoms with Crippen LogP contribution in [0.4, 0.5) is 0 Å². The van der Waals surface area contributed by atoms with Gasteiger partial charge in [0.2, 0.25) is 0 Å². The number of ether oxygens (including phenoxy) is 2. The highest BCUT2D eigenvalue weighted by molar-refractivity contribution is 5.85. The van der Waals surface area contributed by atoms with Crippen LogP contribution in [0.3, 0.4) is 0 Å². The number of nitrogens with one attached hydrogen (secondary N) is 1. The summed E-state index contributed by atoms with van der Waals surface area (Å²) in [5.41, 5.74) is 1.31. The summed E-state index contributed by atoms with van der Waals surface area (Å²) in [7, 11) is 1.77. The number of methoxy groups -OCH3 is 1. The van der Waals surface area contributed by atoms with E-state index in [2.05, 4.69) is 35.3 Å². The van der Waals surface area contributed by atoms with Crippen molar-refractivity contribution in [3.63, 3.8) is 0 Å². The van der Waals surface area contributed by atoms with Crippen molar-refractivity contribution in [2.45, 2.75) is 38.3 Å². The largest absolute Gasteiger partial charge is 0.496 e. The minimum atomic E-state index is 0. The van der Waals surface area contributed by atoms with E-state index in [-0.39, 0.29) is 12.4 Å². The molecule has 3 rings (SSSR count). The van der Waals surface area contributed by atoms with Crippen molar-refractivity contribution in [3.8, 4) is 5.75 Å². The van der Waals surface area contributed by atoms with Crippen LogP contribution >= 0.6 is 12.4 Å². The Labute approximate surface area is 152 Å². The topological polar surface area (TPSA) is 33.7 Å². The molecule has 0 bridgehead atoms. The van der Waals surface area contributed by atoms with Crippen LogP contribution < -0.4 is 10.1 Å². The van der Waals surface area contributed by atoms with Gasteiger partial charge in [0.05, 0.1) is 19.3 Å². The van der Waals surface area contributed by atoms with Crippen molar-refractivity contribution in [2.24, 2.45) is 5.92 Å². The summed E-state index contributed by atoms with van der Waals surface area (Å²) in [4.78, 5) is 2.65. The third-order valence-corrected chi connectivity index (χ3v) is 5.28. The SMILES string of the molecule is CCC1CC(CN2CCNCC2c2ccccc2OC)CCO1.Cl. The molecule has 3 unspecified atom stereocenters. The van der Waals surface area contributed by atoms with Crippen LogP contribution in [0.5, 0.6) is 5.75 Å². The molecule has 2 fully saturated rings. The molecule has 2 heterocycles. The van der Waals surface area contributed by atoms with E-state index >= 15 is 0 Å². The van der Waals surface area contributed by atoms with Gasteiger partial charge in [-0.2, -0.15) is 0 Å². The fourth-order valence-corrected chi connectivity index (χ4v) is 3.95. The number of piperazine rings is 1. The summed E-state index contributed by atoms with van der Waals surface area (Å²) >= 11 is 0. The van der Waals surface area contributed by atoms with Gasteiger partial charge in [-0.1, -0.05) is 25.1 Å². The summed E-state index contributed by atoms with van der Waals surface area (Å²) < 4.78 is 11.4. The molecule has 1 aromatic carbocycles. The van der Waals surface area contributed by atoms with Crippen LogP contribution in [0.2, 0.25) is 0 Å². The number of halogens is 1. The Morgan fingerprint density at radius 1 is 1.33 bits per heavy atom. The minimum absolute atomic E-state index is 0. The van der Waals surface area contributed by atoms with Gasteiger partial charge in [0.15, 0.2) is 0 Å². The van der Waals surface area contributed by atoms with Gasteiger partial charge in [0.25, 0.3) is 0 Å². The molecule has 4 nitrogen and oxygen atoms in total. The fraction of sp³-hybridized carbons (Fsp3) is 0.684. The van der Waals surface area contributed by atoms with Crippen molar-refractivity contribution in [2.75, 3.05) is 39.9 Å². The third-order valence-electron chi connectivity index (χ3n) is 5.28. The number of para-hydroxylation sites is 1. The highest BCUT2D eigenvalue weighted by Gasteiger charge is 2.30. The molecule has 5 heteroatoms. The van der Waals surface area contributed by atoms with E-state index < -0.39 is 0 Å². The molecule has 1 N–H and O–H groups in total. The van der Waals surface area contributed by atoms with Crippen molar-refractivity contribution >= 4 is 12.4 Å². The van der Waals surface area contributed by atoms with E-state index in [9.17, 15) is 0 Å². The zero-order chi connectivity index (χ0) is 16.1. The molecule has 2 saturated heterocycles. The first kappa shape index (κ1) is 19.5. The van der Waals surface area contributed by atoms with Crippen LogP contribution in [-0.4, -0.2) is 50.9 Å². The quantitative estimate of drug-likeness (QED) is 0.880. The molecule has 24 heavy (non-hydrogen) atoms. The van der Waals surface area contributed by atoms with Gasteiger partial charge in [0, 0.05) is 38.3 Å². The maximum atomic E-state index is 5.84. The van der Waals surface area contributed by atoms with E-state index in [1.54, 1.807) is 7.11 Å². The summed E-state index contributed by atoms with van der Waals surface area (Å²) in [5.74, 6) is 1.76. The zero-order valence-corrected chi connectivity index (χ0v) is 15.7. The highest BCUT2D eigenvalue weighted by Crippen LogP contribution is 2.32. The van der Waals surface area contributed by atoms with Gasteiger partial charge in [-0.3, -0.25) is 4.90 Å². The van der Waals surface area contributed by atoms with Gasteiger partial charge in [0.1, 0.15) is 5.75 Å². The smallest absolute Gasteiger partial charge is 0.123 e. The lowest BCUT2D eigenvalue weighted by molar-refractivity contribution is -0.0223. The van der Waals surface area contributed by atoms with E-state index in [0.29, 0.717) is 12.1 Å². The normalized spacial score (nSPS) is 28.2. The van der Waals surface area contributed by atoms with Gasteiger partial charge in [-0.25, -0.2) is 0 Å². The number of hydrogen-bond acceptors (Lipinski definition) is 4. The first-order valence-electron chi connectivity index (χ1n) is 9.01. The molecule has 0 amide bonds. The summed E-state index contributed by atoms with van der Waals surface area (Å²) in [5, 5.41) is 3.55. The monoisotopic (exact) mass is 354 g/mol. The van der Waals surface area contributed by atoms with Crippen molar-refractivity contribution in [1.29, 1.82) is 0 Å². The second-order valence-electron chi connectivity index (χ2n) is 6.75. The molecule has 0 aromatic heterocycles. The lowest BCUT2D eigenvalue weighted by atomic mass is 9.92. The van der Waals surface area contributed by atoms with Gasteiger partial charge in [-0.15, -0.1) is 12.4 Å². The number of benzene rings is 1. The standard InChI is InChI=1S/C19H30N2O2.ClH/c1-3-16-12-15(8-11-23-16)14-21-10-9-20-13-18(21)17-6-4-5-7-19(17)22-2;/h4-7,15-16,18,20H,3,8-14H2,1-2H3;1H. The molecule has 2 aliphatic heterocycles. The Morgan fingerprint density at radius 2 is 2.17 bits per heavy atom. The molecule has 0 radical (unpaired) electrons. The molecule has 136 valence electrons. The average molecular weight is 355 g/mol.